The van der Waals surface area contributed by atoms with Crippen LogP contribution in [0.1, 0.15) is 36.5 Å². The van der Waals surface area contributed by atoms with Gasteiger partial charge in [-0.15, -0.1) is 0 Å². The molecule has 2 aromatic rings. The van der Waals surface area contributed by atoms with Crippen molar-refractivity contribution < 1.29 is 19.1 Å². The van der Waals surface area contributed by atoms with E-state index < -0.39 is 5.41 Å². The highest BCUT2D eigenvalue weighted by Crippen LogP contribution is 2.34. The molecule has 0 radical (unpaired) electrons. The summed E-state index contributed by atoms with van der Waals surface area (Å²) in [7, 11) is 0. The average Bonchev–Trinajstić information content (AvgIpc) is 3.23. The number of amides is 3. The smallest absolute Gasteiger partial charge is 0.321 e. The van der Waals surface area contributed by atoms with Gasteiger partial charge in [-0.2, -0.15) is 0 Å². The number of fused-ring (bicyclic) bond motifs is 1. The van der Waals surface area contributed by atoms with Crippen LogP contribution in [0.4, 0.5) is 10.5 Å². The molecule has 2 heterocycles. The van der Waals surface area contributed by atoms with Crippen LogP contribution in [0.25, 0.3) is 0 Å². The van der Waals surface area contributed by atoms with Crippen molar-refractivity contribution in [2.75, 3.05) is 25.2 Å². The Labute approximate surface area is 182 Å². The SMILES string of the molecule is Cc1ccc(NC(=O)N2CCC(C)(C(=O)NCc3ccc4c(c3)OCO4)CC2)cc1C. The lowest BCUT2D eigenvalue weighted by atomic mass is 9.79. The van der Waals surface area contributed by atoms with Crippen molar-refractivity contribution >= 4 is 17.6 Å². The normalized spacial score (nSPS) is 16.7. The van der Waals surface area contributed by atoms with Crippen LogP contribution in [0.15, 0.2) is 36.4 Å². The van der Waals surface area contributed by atoms with Gasteiger partial charge in [0.2, 0.25) is 12.7 Å². The molecule has 2 N–H and O–H groups in total. The summed E-state index contributed by atoms with van der Waals surface area (Å²) in [6.07, 6.45) is 1.25. The van der Waals surface area contributed by atoms with E-state index >= 15 is 0 Å². The number of hydrogen-bond donors (Lipinski definition) is 2. The molecule has 2 aliphatic heterocycles. The Bertz CT molecular complexity index is 996. The first kappa shape index (κ1) is 21.0. The lowest BCUT2D eigenvalue weighted by Crippen LogP contribution is -2.49. The Morgan fingerprint density at radius 1 is 1.00 bits per heavy atom. The maximum atomic E-state index is 12.9. The summed E-state index contributed by atoms with van der Waals surface area (Å²) in [5.41, 5.74) is 3.60. The van der Waals surface area contributed by atoms with Crippen molar-refractivity contribution in [1.82, 2.24) is 10.2 Å². The van der Waals surface area contributed by atoms with Crippen LogP contribution in [-0.4, -0.2) is 36.7 Å². The number of ether oxygens (including phenoxy) is 2. The number of aryl methyl sites for hydroxylation is 2. The molecule has 7 nitrogen and oxygen atoms in total. The molecule has 1 saturated heterocycles. The van der Waals surface area contributed by atoms with E-state index in [2.05, 4.69) is 10.6 Å². The lowest BCUT2D eigenvalue weighted by Gasteiger charge is -2.38. The largest absolute Gasteiger partial charge is 0.454 e. The fourth-order valence-electron chi connectivity index (χ4n) is 3.90. The number of piperidine rings is 1. The predicted octanol–water partition coefficient (Wildman–Crippen LogP) is 3.98. The van der Waals surface area contributed by atoms with Crippen LogP contribution in [0.5, 0.6) is 11.5 Å². The fourth-order valence-corrected chi connectivity index (χ4v) is 3.90. The molecule has 164 valence electrons. The Balaban J connectivity index is 1.28. The van der Waals surface area contributed by atoms with Crippen molar-refractivity contribution in [2.24, 2.45) is 5.41 Å². The topological polar surface area (TPSA) is 79.9 Å². The first-order chi connectivity index (χ1) is 14.8. The highest BCUT2D eigenvalue weighted by molar-refractivity contribution is 5.90. The zero-order valence-corrected chi connectivity index (χ0v) is 18.3. The Morgan fingerprint density at radius 3 is 2.48 bits per heavy atom. The van der Waals surface area contributed by atoms with Crippen molar-refractivity contribution in [1.29, 1.82) is 0 Å². The number of likely N-dealkylation sites (tertiary alicyclic amines) is 1. The van der Waals surface area contributed by atoms with Crippen molar-refractivity contribution in [2.45, 2.75) is 40.2 Å². The third-order valence-electron chi connectivity index (χ3n) is 6.35. The molecule has 31 heavy (non-hydrogen) atoms. The number of urea groups is 1. The van der Waals surface area contributed by atoms with E-state index in [4.69, 9.17) is 9.47 Å². The Kier molecular flexibility index (Phi) is 5.76. The highest BCUT2D eigenvalue weighted by atomic mass is 16.7. The van der Waals surface area contributed by atoms with E-state index in [1.165, 1.54) is 5.56 Å². The minimum atomic E-state index is -0.492. The molecule has 7 heteroatoms. The third kappa shape index (κ3) is 4.60. The van der Waals surface area contributed by atoms with Crippen LogP contribution in [0.3, 0.4) is 0 Å². The van der Waals surface area contributed by atoms with Gasteiger partial charge in [0, 0.05) is 30.7 Å². The first-order valence-electron chi connectivity index (χ1n) is 10.6. The number of nitrogens with zero attached hydrogens (tertiary/aromatic N) is 1. The molecule has 0 aliphatic carbocycles. The highest BCUT2D eigenvalue weighted by Gasteiger charge is 2.38. The van der Waals surface area contributed by atoms with Crippen LogP contribution in [-0.2, 0) is 11.3 Å². The standard InChI is InChI=1S/C24H29N3O4/c1-16-4-6-19(12-17(16)2)26-23(29)27-10-8-24(3,9-11-27)22(28)25-14-18-5-7-20-21(13-18)31-15-30-20/h4-7,12-13H,8-11,14-15H2,1-3H3,(H,25,28)(H,26,29). The van der Waals surface area contributed by atoms with E-state index in [0.717, 1.165) is 22.6 Å². The molecule has 0 spiro atoms. The minimum Gasteiger partial charge on any atom is -0.454 e. The monoisotopic (exact) mass is 423 g/mol. The van der Waals surface area contributed by atoms with Gasteiger partial charge in [-0.3, -0.25) is 4.79 Å². The number of carbonyl (C=O) groups is 2. The molecular formula is C24H29N3O4. The summed E-state index contributed by atoms with van der Waals surface area (Å²) < 4.78 is 10.7. The summed E-state index contributed by atoms with van der Waals surface area (Å²) in [5.74, 6) is 1.45. The average molecular weight is 424 g/mol. The second kappa shape index (κ2) is 8.49. The molecule has 0 atom stereocenters. The molecule has 0 aromatic heterocycles. The van der Waals surface area contributed by atoms with Crippen LogP contribution >= 0.6 is 0 Å². The van der Waals surface area contributed by atoms with Gasteiger partial charge in [0.15, 0.2) is 11.5 Å². The molecule has 3 amide bonds. The second-order valence-corrected chi connectivity index (χ2v) is 8.65. The zero-order chi connectivity index (χ0) is 22.0. The third-order valence-corrected chi connectivity index (χ3v) is 6.35. The maximum absolute atomic E-state index is 12.9. The summed E-state index contributed by atoms with van der Waals surface area (Å²) in [6, 6.07) is 11.5. The molecule has 1 fully saturated rings. The quantitative estimate of drug-likeness (QED) is 0.780. The minimum absolute atomic E-state index is 0.0133. The Morgan fingerprint density at radius 2 is 1.74 bits per heavy atom. The molecular weight excluding hydrogens is 394 g/mol. The number of rotatable bonds is 4. The number of benzene rings is 2. The van der Waals surface area contributed by atoms with Gasteiger partial charge in [-0.05, 0) is 67.6 Å². The van der Waals surface area contributed by atoms with Gasteiger partial charge in [-0.1, -0.05) is 19.1 Å². The van der Waals surface area contributed by atoms with Gasteiger partial charge in [0.25, 0.3) is 0 Å². The van der Waals surface area contributed by atoms with E-state index in [0.29, 0.717) is 38.2 Å². The van der Waals surface area contributed by atoms with Gasteiger partial charge >= 0.3 is 6.03 Å². The van der Waals surface area contributed by atoms with E-state index in [1.807, 2.05) is 57.2 Å². The lowest BCUT2D eigenvalue weighted by molar-refractivity contribution is -0.132. The fraction of sp³-hybridized carbons (Fsp3) is 0.417. The molecule has 0 bridgehead atoms. The van der Waals surface area contributed by atoms with Gasteiger partial charge in [0.05, 0.1) is 0 Å². The summed E-state index contributed by atoms with van der Waals surface area (Å²) in [6.45, 7) is 7.80. The number of carbonyl (C=O) groups excluding carboxylic acids is 2. The Hall–Kier alpha value is -3.22. The van der Waals surface area contributed by atoms with E-state index in [1.54, 1.807) is 4.90 Å². The molecule has 0 saturated carbocycles. The van der Waals surface area contributed by atoms with Crippen LogP contribution in [0, 0.1) is 19.3 Å². The predicted molar refractivity (Wildman–Crippen MR) is 118 cm³/mol. The first-order valence-corrected chi connectivity index (χ1v) is 10.6. The number of anilines is 1. The molecule has 0 unspecified atom stereocenters. The summed E-state index contributed by atoms with van der Waals surface area (Å²) in [4.78, 5) is 27.3. The van der Waals surface area contributed by atoms with Crippen molar-refractivity contribution in [3.63, 3.8) is 0 Å². The summed E-state index contributed by atoms with van der Waals surface area (Å²) in [5, 5.41) is 6.01. The van der Waals surface area contributed by atoms with Gasteiger partial charge in [-0.25, -0.2) is 4.79 Å². The zero-order valence-electron chi connectivity index (χ0n) is 18.3. The van der Waals surface area contributed by atoms with Crippen molar-refractivity contribution in [3.8, 4) is 11.5 Å². The summed E-state index contributed by atoms with van der Waals surface area (Å²) >= 11 is 0. The van der Waals surface area contributed by atoms with Crippen LogP contribution < -0.4 is 20.1 Å². The van der Waals surface area contributed by atoms with Crippen LogP contribution in [0.2, 0.25) is 0 Å². The molecule has 4 rings (SSSR count). The maximum Gasteiger partial charge on any atom is 0.321 e. The van der Waals surface area contributed by atoms with E-state index in [-0.39, 0.29) is 18.7 Å². The number of nitrogens with one attached hydrogen (secondary N) is 2. The van der Waals surface area contributed by atoms with Gasteiger partial charge < -0.3 is 25.0 Å². The van der Waals surface area contributed by atoms with Gasteiger partial charge in [0.1, 0.15) is 0 Å². The van der Waals surface area contributed by atoms with Crippen molar-refractivity contribution in [3.05, 3.63) is 53.1 Å². The number of hydrogen-bond acceptors (Lipinski definition) is 4. The second-order valence-electron chi connectivity index (χ2n) is 8.65. The molecule has 2 aliphatic rings. The van der Waals surface area contributed by atoms with E-state index in [9.17, 15) is 9.59 Å². The molecule has 2 aromatic carbocycles.